The zero-order valence-corrected chi connectivity index (χ0v) is 12.0. The highest BCUT2D eigenvalue weighted by Gasteiger charge is 2.23. The molecule has 1 fully saturated rings. The van der Waals surface area contributed by atoms with Crippen molar-refractivity contribution in [3.05, 3.63) is 35.7 Å². The third-order valence-corrected chi connectivity index (χ3v) is 3.58. The Hall–Kier alpha value is -1.68. The lowest BCUT2D eigenvalue weighted by Crippen LogP contribution is -1.99. The van der Waals surface area contributed by atoms with Crippen LogP contribution in [0.3, 0.4) is 0 Å². The summed E-state index contributed by atoms with van der Waals surface area (Å²) in [5.74, 6) is 2.32. The first-order valence-corrected chi connectivity index (χ1v) is 7.23. The van der Waals surface area contributed by atoms with Crippen LogP contribution in [0.25, 0.3) is 11.5 Å². The second kappa shape index (κ2) is 5.75. The number of hydrogen-bond donors (Lipinski definition) is 0. The Kier molecular flexibility index (Phi) is 3.83. The van der Waals surface area contributed by atoms with Gasteiger partial charge in [-0.3, -0.25) is 0 Å². The van der Waals surface area contributed by atoms with E-state index < -0.39 is 0 Å². The number of nitrogens with zero attached hydrogens (tertiary/aromatic N) is 2. The summed E-state index contributed by atoms with van der Waals surface area (Å²) < 4.78 is 10.7. The van der Waals surface area contributed by atoms with Gasteiger partial charge in [0.2, 0.25) is 0 Å². The maximum Gasteiger partial charge on any atom is 0.257 e. The smallest absolute Gasteiger partial charge is 0.257 e. The molecule has 1 atom stereocenters. The third kappa shape index (κ3) is 2.90. The van der Waals surface area contributed by atoms with Gasteiger partial charge in [-0.15, -0.1) is 0 Å². The SMILES string of the molecule is CC(C)Cc1ccc(-c2nc([C@@H]3CCOC3)no2)cc1. The summed E-state index contributed by atoms with van der Waals surface area (Å²) in [6, 6.07) is 8.39. The van der Waals surface area contributed by atoms with Crippen molar-refractivity contribution in [2.75, 3.05) is 13.2 Å². The van der Waals surface area contributed by atoms with Gasteiger partial charge in [-0.25, -0.2) is 0 Å². The Bertz CT molecular complexity index is 554. The summed E-state index contributed by atoms with van der Waals surface area (Å²) in [7, 11) is 0. The molecule has 0 amide bonds. The van der Waals surface area contributed by atoms with Crippen LogP contribution in [-0.2, 0) is 11.2 Å². The summed E-state index contributed by atoms with van der Waals surface area (Å²) in [4.78, 5) is 4.50. The van der Waals surface area contributed by atoms with E-state index in [9.17, 15) is 0 Å². The molecule has 0 aliphatic carbocycles. The predicted molar refractivity (Wildman–Crippen MR) is 76.5 cm³/mol. The maximum atomic E-state index is 5.37. The summed E-state index contributed by atoms with van der Waals surface area (Å²) in [6.45, 7) is 5.94. The molecule has 0 saturated carbocycles. The van der Waals surface area contributed by atoms with E-state index in [1.165, 1.54) is 5.56 Å². The molecule has 4 heteroatoms. The molecule has 1 aliphatic heterocycles. The Balaban J connectivity index is 1.75. The van der Waals surface area contributed by atoms with Crippen LogP contribution in [0.2, 0.25) is 0 Å². The Morgan fingerprint density at radius 2 is 2.05 bits per heavy atom. The lowest BCUT2D eigenvalue weighted by Gasteiger charge is -2.04. The minimum Gasteiger partial charge on any atom is -0.381 e. The number of aromatic nitrogens is 2. The fourth-order valence-corrected chi connectivity index (χ4v) is 2.51. The molecule has 106 valence electrons. The Morgan fingerprint density at radius 3 is 2.70 bits per heavy atom. The second-order valence-electron chi connectivity index (χ2n) is 5.81. The van der Waals surface area contributed by atoms with Crippen LogP contribution in [0.5, 0.6) is 0 Å². The standard InChI is InChI=1S/C16H20N2O2/c1-11(2)9-12-3-5-13(6-4-12)16-17-15(18-20-16)14-7-8-19-10-14/h3-6,11,14H,7-10H2,1-2H3/t14-/m1/s1. The zero-order valence-electron chi connectivity index (χ0n) is 12.0. The van der Waals surface area contributed by atoms with Gasteiger partial charge >= 0.3 is 0 Å². The van der Waals surface area contributed by atoms with Gasteiger partial charge in [-0.05, 0) is 36.5 Å². The van der Waals surface area contributed by atoms with Crippen molar-refractivity contribution in [1.82, 2.24) is 10.1 Å². The van der Waals surface area contributed by atoms with Gasteiger partial charge in [0.05, 0.1) is 6.61 Å². The molecule has 3 rings (SSSR count). The Morgan fingerprint density at radius 1 is 1.25 bits per heavy atom. The van der Waals surface area contributed by atoms with Crippen LogP contribution < -0.4 is 0 Å². The molecule has 0 unspecified atom stereocenters. The van der Waals surface area contributed by atoms with Crippen molar-refractivity contribution in [1.29, 1.82) is 0 Å². The lowest BCUT2D eigenvalue weighted by molar-refractivity contribution is 0.192. The highest BCUT2D eigenvalue weighted by molar-refractivity contribution is 5.53. The van der Waals surface area contributed by atoms with Crippen LogP contribution in [0, 0.1) is 5.92 Å². The number of benzene rings is 1. The lowest BCUT2D eigenvalue weighted by atomic mass is 10.0. The fourth-order valence-electron chi connectivity index (χ4n) is 2.51. The quantitative estimate of drug-likeness (QED) is 0.855. The van der Waals surface area contributed by atoms with Gasteiger partial charge in [0.1, 0.15) is 0 Å². The molecule has 1 aromatic carbocycles. The summed E-state index contributed by atoms with van der Waals surface area (Å²) in [5.41, 5.74) is 2.32. The Labute approximate surface area is 119 Å². The topological polar surface area (TPSA) is 48.2 Å². The van der Waals surface area contributed by atoms with Crippen molar-refractivity contribution in [3.8, 4) is 11.5 Å². The van der Waals surface area contributed by atoms with E-state index in [1.54, 1.807) is 0 Å². The van der Waals surface area contributed by atoms with Crippen molar-refractivity contribution in [2.45, 2.75) is 32.6 Å². The van der Waals surface area contributed by atoms with E-state index in [0.717, 1.165) is 30.8 Å². The van der Waals surface area contributed by atoms with Gasteiger partial charge in [-0.2, -0.15) is 4.98 Å². The van der Waals surface area contributed by atoms with Crippen molar-refractivity contribution in [3.63, 3.8) is 0 Å². The van der Waals surface area contributed by atoms with Gasteiger partial charge in [0.15, 0.2) is 5.82 Å². The van der Waals surface area contributed by atoms with E-state index in [0.29, 0.717) is 18.4 Å². The predicted octanol–water partition coefficient (Wildman–Crippen LogP) is 3.44. The molecule has 2 aromatic rings. The molecule has 2 heterocycles. The van der Waals surface area contributed by atoms with Crippen LogP contribution >= 0.6 is 0 Å². The van der Waals surface area contributed by atoms with E-state index >= 15 is 0 Å². The molecule has 1 aliphatic rings. The van der Waals surface area contributed by atoms with Crippen molar-refractivity contribution >= 4 is 0 Å². The summed E-state index contributed by atoms with van der Waals surface area (Å²) >= 11 is 0. The van der Waals surface area contributed by atoms with Crippen molar-refractivity contribution < 1.29 is 9.26 Å². The van der Waals surface area contributed by atoms with Crippen LogP contribution in [-0.4, -0.2) is 23.4 Å². The van der Waals surface area contributed by atoms with Crippen molar-refractivity contribution in [2.24, 2.45) is 5.92 Å². The average Bonchev–Trinajstić information content (AvgIpc) is 3.10. The summed E-state index contributed by atoms with van der Waals surface area (Å²) in [5, 5.41) is 4.08. The fraction of sp³-hybridized carbons (Fsp3) is 0.500. The molecule has 0 bridgehead atoms. The molecular formula is C16H20N2O2. The maximum absolute atomic E-state index is 5.37. The minimum atomic E-state index is 0.285. The highest BCUT2D eigenvalue weighted by atomic mass is 16.5. The highest BCUT2D eigenvalue weighted by Crippen LogP contribution is 2.25. The molecule has 0 radical (unpaired) electrons. The molecular weight excluding hydrogens is 252 g/mol. The van der Waals surface area contributed by atoms with E-state index in [4.69, 9.17) is 9.26 Å². The van der Waals surface area contributed by atoms with Gasteiger partial charge < -0.3 is 9.26 Å². The average molecular weight is 272 g/mol. The first kappa shape index (κ1) is 13.3. The normalized spacial score (nSPS) is 18.9. The monoisotopic (exact) mass is 272 g/mol. The largest absolute Gasteiger partial charge is 0.381 e. The number of hydrogen-bond acceptors (Lipinski definition) is 4. The third-order valence-electron chi connectivity index (χ3n) is 3.58. The first-order chi connectivity index (χ1) is 9.72. The van der Waals surface area contributed by atoms with Crippen LogP contribution in [0.15, 0.2) is 28.8 Å². The van der Waals surface area contributed by atoms with Crippen LogP contribution in [0.1, 0.15) is 37.6 Å². The molecule has 1 saturated heterocycles. The number of rotatable bonds is 4. The number of ether oxygens (including phenoxy) is 1. The van der Waals surface area contributed by atoms with E-state index in [-0.39, 0.29) is 5.92 Å². The van der Waals surface area contributed by atoms with E-state index in [2.05, 4.69) is 48.3 Å². The molecule has 0 N–H and O–H groups in total. The minimum absolute atomic E-state index is 0.285. The van der Waals surface area contributed by atoms with Gasteiger partial charge in [0, 0.05) is 18.1 Å². The first-order valence-electron chi connectivity index (χ1n) is 7.23. The van der Waals surface area contributed by atoms with Gasteiger partial charge in [-0.1, -0.05) is 31.1 Å². The molecule has 20 heavy (non-hydrogen) atoms. The van der Waals surface area contributed by atoms with Gasteiger partial charge in [0.25, 0.3) is 5.89 Å². The molecule has 1 aromatic heterocycles. The van der Waals surface area contributed by atoms with Crippen LogP contribution in [0.4, 0.5) is 0 Å². The molecule has 4 nitrogen and oxygen atoms in total. The summed E-state index contributed by atoms with van der Waals surface area (Å²) in [6.07, 6.45) is 2.07. The zero-order chi connectivity index (χ0) is 13.9. The second-order valence-corrected chi connectivity index (χ2v) is 5.81. The van der Waals surface area contributed by atoms with E-state index in [1.807, 2.05) is 0 Å². The molecule has 0 spiro atoms.